The third-order valence-corrected chi connectivity index (χ3v) is 4.64. The number of carbonyl (C=O) groups excluding carboxylic acids is 1. The van der Waals surface area contributed by atoms with Gasteiger partial charge in [0.15, 0.2) is 5.96 Å². The molecule has 0 unspecified atom stereocenters. The SMILES string of the molecule is CN=C(NCc1cnc(N(C)C)n1C)N1CCN(C2CC2)C(=O)C1.I. The number of carbonyl (C=O) groups is 1. The number of hydrogen-bond donors (Lipinski definition) is 1. The standard InChI is InChI=1S/C16H27N7O.HI/c1-17-15(18-9-13-10-19-16(20(2)3)21(13)4)22-7-8-23(12-5-6-12)14(24)11-22;/h10,12H,5-9,11H2,1-4H3,(H,17,18);1H. The van der Waals surface area contributed by atoms with Gasteiger partial charge in [0.1, 0.15) is 0 Å². The molecule has 1 amide bonds. The van der Waals surface area contributed by atoms with E-state index >= 15 is 0 Å². The van der Waals surface area contributed by atoms with Crippen LogP contribution in [0.1, 0.15) is 18.5 Å². The molecule has 2 aliphatic rings. The molecule has 0 aromatic carbocycles. The molecule has 0 bridgehead atoms. The smallest absolute Gasteiger partial charge is 0.242 e. The normalized spacial score (nSPS) is 18.2. The quantitative estimate of drug-likeness (QED) is 0.402. The Morgan fingerprint density at radius 1 is 1.40 bits per heavy atom. The average Bonchev–Trinajstić information content (AvgIpc) is 3.31. The summed E-state index contributed by atoms with van der Waals surface area (Å²) < 4.78 is 2.05. The summed E-state index contributed by atoms with van der Waals surface area (Å²) in [6.07, 6.45) is 4.19. The van der Waals surface area contributed by atoms with Crippen LogP contribution in [0.3, 0.4) is 0 Å². The molecule has 0 atom stereocenters. The number of nitrogens with one attached hydrogen (secondary N) is 1. The zero-order valence-corrected chi connectivity index (χ0v) is 17.7. The molecule has 2 heterocycles. The summed E-state index contributed by atoms with van der Waals surface area (Å²) in [5.41, 5.74) is 1.07. The highest BCUT2D eigenvalue weighted by molar-refractivity contribution is 14.0. The number of aromatic nitrogens is 2. The highest BCUT2D eigenvalue weighted by atomic mass is 127. The third kappa shape index (κ3) is 4.36. The number of hydrogen-bond acceptors (Lipinski definition) is 4. The molecular weight excluding hydrogens is 433 g/mol. The lowest BCUT2D eigenvalue weighted by Gasteiger charge is -2.36. The number of imidazole rings is 1. The van der Waals surface area contributed by atoms with Crippen LogP contribution in [0, 0.1) is 0 Å². The van der Waals surface area contributed by atoms with Gasteiger partial charge < -0.3 is 24.6 Å². The van der Waals surface area contributed by atoms with E-state index in [0.717, 1.165) is 43.5 Å². The van der Waals surface area contributed by atoms with Crippen LogP contribution in [-0.4, -0.2) is 78.0 Å². The van der Waals surface area contributed by atoms with Gasteiger partial charge >= 0.3 is 0 Å². The van der Waals surface area contributed by atoms with E-state index in [0.29, 0.717) is 19.1 Å². The zero-order chi connectivity index (χ0) is 17.3. The molecule has 1 aromatic rings. The van der Waals surface area contributed by atoms with Crippen molar-refractivity contribution in [1.82, 2.24) is 24.7 Å². The van der Waals surface area contributed by atoms with Crippen LogP contribution in [0.4, 0.5) is 5.95 Å². The Labute approximate surface area is 166 Å². The predicted molar refractivity (Wildman–Crippen MR) is 109 cm³/mol. The van der Waals surface area contributed by atoms with Gasteiger partial charge in [0.25, 0.3) is 0 Å². The van der Waals surface area contributed by atoms with Gasteiger partial charge in [-0.05, 0) is 12.8 Å². The largest absolute Gasteiger partial charge is 0.351 e. The summed E-state index contributed by atoms with van der Waals surface area (Å²) in [6, 6.07) is 0.494. The van der Waals surface area contributed by atoms with E-state index in [1.54, 1.807) is 7.05 Å². The van der Waals surface area contributed by atoms with Crippen molar-refractivity contribution >= 4 is 41.8 Å². The van der Waals surface area contributed by atoms with Crippen LogP contribution in [0.5, 0.6) is 0 Å². The first kappa shape index (κ1) is 19.8. The van der Waals surface area contributed by atoms with Crippen LogP contribution >= 0.6 is 24.0 Å². The van der Waals surface area contributed by atoms with Crippen molar-refractivity contribution in [2.75, 3.05) is 45.7 Å². The van der Waals surface area contributed by atoms with E-state index in [1.807, 2.05) is 42.0 Å². The summed E-state index contributed by atoms with van der Waals surface area (Å²) in [6.45, 7) is 2.66. The van der Waals surface area contributed by atoms with Crippen LogP contribution in [0.2, 0.25) is 0 Å². The molecular formula is C16H28IN7O. The van der Waals surface area contributed by atoms with Crippen molar-refractivity contribution < 1.29 is 4.79 Å². The van der Waals surface area contributed by atoms with E-state index in [1.165, 1.54) is 0 Å². The lowest BCUT2D eigenvalue weighted by atomic mass is 10.3. The van der Waals surface area contributed by atoms with Crippen molar-refractivity contribution in [2.45, 2.75) is 25.4 Å². The maximum Gasteiger partial charge on any atom is 0.242 e. The molecule has 8 nitrogen and oxygen atoms in total. The Morgan fingerprint density at radius 2 is 2.12 bits per heavy atom. The molecule has 1 N–H and O–H groups in total. The highest BCUT2D eigenvalue weighted by Crippen LogP contribution is 2.28. The average molecular weight is 461 g/mol. The topological polar surface area (TPSA) is 69.0 Å². The molecule has 0 radical (unpaired) electrons. The van der Waals surface area contributed by atoms with Gasteiger partial charge in [-0.3, -0.25) is 9.79 Å². The number of piperazine rings is 1. The van der Waals surface area contributed by atoms with Crippen molar-refractivity contribution in [1.29, 1.82) is 0 Å². The molecule has 3 rings (SSSR count). The first-order valence-electron chi connectivity index (χ1n) is 8.44. The molecule has 0 spiro atoms. The molecule has 2 fully saturated rings. The van der Waals surface area contributed by atoms with Crippen molar-refractivity contribution in [3.63, 3.8) is 0 Å². The van der Waals surface area contributed by atoms with E-state index < -0.39 is 0 Å². The van der Waals surface area contributed by atoms with E-state index in [2.05, 4.69) is 19.9 Å². The fraction of sp³-hybridized carbons (Fsp3) is 0.688. The van der Waals surface area contributed by atoms with Gasteiger partial charge in [-0.2, -0.15) is 0 Å². The number of nitrogens with zero attached hydrogens (tertiary/aromatic N) is 6. The van der Waals surface area contributed by atoms with Gasteiger partial charge in [0.05, 0.1) is 25.0 Å². The Morgan fingerprint density at radius 3 is 2.64 bits per heavy atom. The summed E-state index contributed by atoms with van der Waals surface area (Å²) in [5, 5.41) is 3.35. The molecule has 1 aliphatic carbocycles. The lowest BCUT2D eigenvalue weighted by Crippen LogP contribution is -2.55. The minimum absolute atomic E-state index is 0. The molecule has 1 aromatic heterocycles. The van der Waals surface area contributed by atoms with Crippen molar-refractivity contribution in [3.05, 3.63) is 11.9 Å². The summed E-state index contributed by atoms with van der Waals surface area (Å²) in [4.78, 5) is 27.1. The van der Waals surface area contributed by atoms with Crippen LogP contribution in [0.25, 0.3) is 0 Å². The first-order valence-corrected chi connectivity index (χ1v) is 8.44. The molecule has 25 heavy (non-hydrogen) atoms. The Kier molecular flexibility index (Phi) is 6.53. The maximum atomic E-state index is 12.3. The lowest BCUT2D eigenvalue weighted by molar-refractivity contribution is -0.135. The molecule has 1 aliphatic heterocycles. The van der Waals surface area contributed by atoms with E-state index in [4.69, 9.17) is 0 Å². The van der Waals surface area contributed by atoms with Gasteiger partial charge in [0.2, 0.25) is 11.9 Å². The second-order valence-corrected chi connectivity index (χ2v) is 6.64. The molecule has 140 valence electrons. The fourth-order valence-corrected chi connectivity index (χ4v) is 3.15. The third-order valence-electron chi connectivity index (χ3n) is 4.64. The second-order valence-electron chi connectivity index (χ2n) is 6.64. The second kappa shape index (κ2) is 8.24. The number of anilines is 1. The fourth-order valence-electron chi connectivity index (χ4n) is 3.15. The number of guanidine groups is 1. The van der Waals surface area contributed by atoms with Gasteiger partial charge in [-0.15, -0.1) is 24.0 Å². The van der Waals surface area contributed by atoms with E-state index in [9.17, 15) is 4.79 Å². The van der Waals surface area contributed by atoms with Crippen LogP contribution in [-0.2, 0) is 18.4 Å². The van der Waals surface area contributed by atoms with Gasteiger partial charge in [0, 0.05) is 47.3 Å². The monoisotopic (exact) mass is 461 g/mol. The Hall–Kier alpha value is -1.52. The Balaban J connectivity index is 0.00000225. The summed E-state index contributed by atoms with van der Waals surface area (Å²) in [5.74, 6) is 1.89. The maximum absolute atomic E-state index is 12.3. The Bertz CT molecular complexity index is 638. The summed E-state index contributed by atoms with van der Waals surface area (Å²) >= 11 is 0. The molecule has 1 saturated carbocycles. The molecule has 9 heteroatoms. The number of amides is 1. The number of halogens is 1. The minimum Gasteiger partial charge on any atom is -0.351 e. The highest BCUT2D eigenvalue weighted by Gasteiger charge is 2.36. The van der Waals surface area contributed by atoms with Crippen molar-refractivity contribution in [2.24, 2.45) is 12.0 Å². The van der Waals surface area contributed by atoms with Crippen molar-refractivity contribution in [3.8, 4) is 0 Å². The minimum atomic E-state index is 0. The molecule has 1 saturated heterocycles. The van der Waals surface area contributed by atoms with E-state index in [-0.39, 0.29) is 29.9 Å². The number of rotatable bonds is 4. The van der Waals surface area contributed by atoms with Gasteiger partial charge in [-0.25, -0.2) is 4.98 Å². The predicted octanol–water partition coefficient (Wildman–Crippen LogP) is 0.486. The van der Waals surface area contributed by atoms with Crippen LogP contribution < -0.4 is 10.2 Å². The van der Waals surface area contributed by atoms with Crippen LogP contribution in [0.15, 0.2) is 11.2 Å². The zero-order valence-electron chi connectivity index (χ0n) is 15.4. The number of aliphatic imine (C=N–C) groups is 1. The summed E-state index contributed by atoms with van der Waals surface area (Å²) in [7, 11) is 7.71. The first-order chi connectivity index (χ1) is 11.5. The van der Waals surface area contributed by atoms with Gasteiger partial charge in [-0.1, -0.05) is 0 Å².